The van der Waals surface area contributed by atoms with Gasteiger partial charge in [-0.1, -0.05) is 37.3 Å². The van der Waals surface area contributed by atoms with Gasteiger partial charge in [0.05, 0.1) is 5.60 Å². The summed E-state index contributed by atoms with van der Waals surface area (Å²) >= 11 is 0. The highest BCUT2D eigenvalue weighted by Crippen LogP contribution is 2.42. The molecule has 19 heavy (non-hydrogen) atoms. The highest BCUT2D eigenvalue weighted by Gasteiger charge is 2.41. The van der Waals surface area contributed by atoms with E-state index in [2.05, 4.69) is 49.5 Å². The number of hydrogen-bond donors (Lipinski definition) is 1. The summed E-state index contributed by atoms with van der Waals surface area (Å²) in [5, 5.41) is 3.85. The van der Waals surface area contributed by atoms with Gasteiger partial charge in [0.15, 0.2) is 0 Å². The zero-order chi connectivity index (χ0) is 13.3. The Morgan fingerprint density at radius 2 is 2.11 bits per heavy atom. The molecular formula is C17H25NO. The van der Waals surface area contributed by atoms with E-state index < -0.39 is 0 Å². The van der Waals surface area contributed by atoms with Crippen LogP contribution in [0.1, 0.15) is 51.0 Å². The number of ether oxygens (including phenoxy) is 1. The minimum Gasteiger partial charge on any atom is -0.375 e. The van der Waals surface area contributed by atoms with E-state index in [9.17, 15) is 0 Å². The van der Waals surface area contributed by atoms with Gasteiger partial charge in [-0.05, 0) is 38.2 Å². The Morgan fingerprint density at radius 1 is 1.32 bits per heavy atom. The van der Waals surface area contributed by atoms with Gasteiger partial charge in [-0.15, -0.1) is 0 Å². The number of hydrogen-bond acceptors (Lipinski definition) is 2. The second-order valence-corrected chi connectivity index (χ2v) is 6.37. The molecule has 0 spiro atoms. The Balaban J connectivity index is 1.54. The predicted octanol–water partition coefficient (Wildman–Crippen LogP) is 3.48. The maximum Gasteiger partial charge on any atom is 0.0666 e. The van der Waals surface area contributed by atoms with E-state index in [1.807, 2.05) is 0 Å². The first-order chi connectivity index (χ1) is 9.20. The highest BCUT2D eigenvalue weighted by molar-refractivity contribution is 5.27. The van der Waals surface area contributed by atoms with Gasteiger partial charge in [0.25, 0.3) is 0 Å². The van der Waals surface area contributed by atoms with Crippen molar-refractivity contribution in [1.82, 2.24) is 5.32 Å². The molecule has 1 aromatic rings. The highest BCUT2D eigenvalue weighted by atomic mass is 16.5. The van der Waals surface area contributed by atoms with Gasteiger partial charge >= 0.3 is 0 Å². The summed E-state index contributed by atoms with van der Waals surface area (Å²) in [5.74, 6) is 0.733. The van der Waals surface area contributed by atoms with Gasteiger partial charge in [0.2, 0.25) is 0 Å². The lowest BCUT2D eigenvalue weighted by molar-refractivity contribution is -0.0781. The van der Waals surface area contributed by atoms with Gasteiger partial charge in [-0.3, -0.25) is 0 Å². The number of rotatable bonds is 4. The van der Waals surface area contributed by atoms with Crippen LogP contribution >= 0.6 is 0 Å². The average molecular weight is 259 g/mol. The Morgan fingerprint density at radius 3 is 2.84 bits per heavy atom. The van der Waals surface area contributed by atoms with Crippen LogP contribution in [-0.4, -0.2) is 24.3 Å². The molecule has 0 aromatic heterocycles. The maximum absolute atomic E-state index is 5.92. The fraction of sp³-hybridized carbons (Fsp3) is 0.647. The molecule has 2 nitrogen and oxygen atoms in total. The predicted molar refractivity (Wildman–Crippen MR) is 78.4 cm³/mol. The molecule has 3 rings (SSSR count). The van der Waals surface area contributed by atoms with Crippen LogP contribution in [0.5, 0.6) is 0 Å². The summed E-state index contributed by atoms with van der Waals surface area (Å²) in [6, 6.07) is 12.2. The van der Waals surface area contributed by atoms with Crippen LogP contribution < -0.4 is 5.32 Å². The topological polar surface area (TPSA) is 21.3 Å². The van der Waals surface area contributed by atoms with Gasteiger partial charge in [-0.25, -0.2) is 0 Å². The van der Waals surface area contributed by atoms with Crippen LogP contribution in [0.3, 0.4) is 0 Å². The molecule has 1 heterocycles. The molecule has 1 N–H and O–H groups in total. The minimum absolute atomic E-state index is 0.0903. The monoisotopic (exact) mass is 259 g/mol. The molecule has 2 aliphatic rings. The summed E-state index contributed by atoms with van der Waals surface area (Å²) in [5.41, 5.74) is 1.58. The Labute approximate surface area is 116 Å². The van der Waals surface area contributed by atoms with E-state index >= 15 is 0 Å². The van der Waals surface area contributed by atoms with Crippen LogP contribution in [0.15, 0.2) is 30.3 Å². The lowest BCUT2D eigenvalue weighted by Crippen LogP contribution is -2.45. The standard InChI is InChI=1S/C17H25NO/c1-3-17(2)12-14(9-10-19-17)18-16-11-15(16)13-7-5-4-6-8-13/h4-8,14-16,18H,3,9-12H2,1-2H3. The van der Waals surface area contributed by atoms with Crippen LogP contribution in [0, 0.1) is 0 Å². The van der Waals surface area contributed by atoms with Crippen molar-refractivity contribution >= 4 is 0 Å². The maximum atomic E-state index is 5.92. The zero-order valence-electron chi connectivity index (χ0n) is 12.1. The third-order valence-electron chi connectivity index (χ3n) is 4.81. The lowest BCUT2D eigenvalue weighted by atomic mass is 9.90. The third-order valence-corrected chi connectivity index (χ3v) is 4.81. The molecule has 2 heteroatoms. The van der Waals surface area contributed by atoms with Gasteiger partial charge < -0.3 is 10.1 Å². The van der Waals surface area contributed by atoms with Crippen molar-refractivity contribution < 1.29 is 4.74 Å². The van der Waals surface area contributed by atoms with Crippen molar-refractivity contribution in [3.63, 3.8) is 0 Å². The summed E-state index contributed by atoms with van der Waals surface area (Å²) < 4.78 is 5.92. The summed E-state index contributed by atoms with van der Waals surface area (Å²) in [4.78, 5) is 0. The molecule has 1 aliphatic carbocycles. The minimum atomic E-state index is 0.0903. The van der Waals surface area contributed by atoms with Crippen LogP contribution in [0.25, 0.3) is 0 Å². The average Bonchev–Trinajstić information content (AvgIpc) is 3.19. The summed E-state index contributed by atoms with van der Waals surface area (Å²) in [6.45, 7) is 5.39. The first-order valence-corrected chi connectivity index (χ1v) is 7.65. The van der Waals surface area contributed by atoms with E-state index in [-0.39, 0.29) is 5.60 Å². The first kappa shape index (κ1) is 13.1. The summed E-state index contributed by atoms with van der Waals surface area (Å²) in [6.07, 6.45) is 4.72. The molecule has 1 saturated heterocycles. The van der Waals surface area contributed by atoms with Crippen LogP contribution in [-0.2, 0) is 4.74 Å². The molecule has 0 amide bonds. The normalized spacial score (nSPS) is 38.1. The SMILES string of the molecule is CCC1(C)CC(NC2CC2c2ccccc2)CCO1. The van der Waals surface area contributed by atoms with Crippen molar-refractivity contribution in [2.75, 3.05) is 6.61 Å². The molecule has 1 aliphatic heterocycles. The Hall–Kier alpha value is -0.860. The Kier molecular flexibility index (Phi) is 3.64. The van der Waals surface area contributed by atoms with E-state index in [1.54, 1.807) is 0 Å². The molecule has 4 atom stereocenters. The van der Waals surface area contributed by atoms with E-state index in [0.29, 0.717) is 12.1 Å². The molecule has 1 aromatic carbocycles. The van der Waals surface area contributed by atoms with E-state index in [4.69, 9.17) is 4.74 Å². The number of nitrogens with one attached hydrogen (secondary N) is 1. The Bertz CT molecular complexity index is 419. The molecule has 104 valence electrons. The van der Waals surface area contributed by atoms with Crippen molar-refractivity contribution in [3.8, 4) is 0 Å². The van der Waals surface area contributed by atoms with Crippen molar-refractivity contribution in [3.05, 3.63) is 35.9 Å². The number of benzene rings is 1. The summed E-state index contributed by atoms with van der Waals surface area (Å²) in [7, 11) is 0. The van der Waals surface area contributed by atoms with Crippen molar-refractivity contribution in [2.24, 2.45) is 0 Å². The second kappa shape index (κ2) is 5.26. The second-order valence-electron chi connectivity index (χ2n) is 6.37. The van der Waals surface area contributed by atoms with E-state index in [0.717, 1.165) is 31.8 Å². The van der Waals surface area contributed by atoms with Gasteiger partial charge in [-0.2, -0.15) is 0 Å². The van der Waals surface area contributed by atoms with Gasteiger partial charge in [0, 0.05) is 24.6 Å². The largest absolute Gasteiger partial charge is 0.375 e. The third kappa shape index (κ3) is 3.01. The molecule has 2 fully saturated rings. The first-order valence-electron chi connectivity index (χ1n) is 7.65. The van der Waals surface area contributed by atoms with Crippen LogP contribution in [0.2, 0.25) is 0 Å². The zero-order valence-corrected chi connectivity index (χ0v) is 12.1. The molecular weight excluding hydrogens is 234 g/mol. The smallest absolute Gasteiger partial charge is 0.0666 e. The van der Waals surface area contributed by atoms with Crippen molar-refractivity contribution in [1.29, 1.82) is 0 Å². The van der Waals surface area contributed by atoms with Gasteiger partial charge in [0.1, 0.15) is 0 Å². The fourth-order valence-corrected chi connectivity index (χ4v) is 3.27. The molecule has 0 bridgehead atoms. The lowest BCUT2D eigenvalue weighted by Gasteiger charge is -2.38. The molecule has 4 unspecified atom stereocenters. The quantitative estimate of drug-likeness (QED) is 0.894. The van der Waals surface area contributed by atoms with Crippen molar-refractivity contribution in [2.45, 2.75) is 63.1 Å². The fourth-order valence-electron chi connectivity index (χ4n) is 3.27. The van der Waals surface area contributed by atoms with E-state index in [1.165, 1.54) is 12.0 Å². The van der Waals surface area contributed by atoms with Crippen LogP contribution in [0.4, 0.5) is 0 Å². The molecule has 1 saturated carbocycles. The molecule has 0 radical (unpaired) electrons.